The van der Waals surface area contributed by atoms with Crippen LogP contribution in [-0.4, -0.2) is 8.42 Å². The van der Waals surface area contributed by atoms with Crippen molar-refractivity contribution in [1.29, 1.82) is 0 Å². The van der Waals surface area contributed by atoms with Crippen LogP contribution in [-0.2, 0) is 10.0 Å². The zero-order valence-electron chi connectivity index (χ0n) is 12.2. The number of hydrogen-bond donors (Lipinski definition) is 2. The highest BCUT2D eigenvalue weighted by Crippen LogP contribution is 2.23. The summed E-state index contributed by atoms with van der Waals surface area (Å²) in [5, 5.41) is 4.59. The fourth-order valence-corrected chi connectivity index (χ4v) is 4.04. The molecule has 0 saturated carbocycles. The third-order valence-electron chi connectivity index (χ3n) is 3.11. The van der Waals surface area contributed by atoms with Gasteiger partial charge in [0.1, 0.15) is 4.21 Å². The molecule has 124 valence electrons. The Kier molecular flexibility index (Phi) is 4.50. The number of sulfonamides is 1. The maximum Gasteiger partial charge on any atom is 0.271 e. The fourth-order valence-electron chi connectivity index (χ4n) is 1.98. The molecule has 0 aliphatic carbocycles. The Bertz CT molecular complexity index is 941. The summed E-state index contributed by atoms with van der Waals surface area (Å²) in [6.45, 7) is 0. The normalized spacial score (nSPS) is 11.2. The Morgan fingerprint density at radius 2 is 1.50 bits per heavy atom. The molecule has 1 aromatic heterocycles. The zero-order valence-corrected chi connectivity index (χ0v) is 13.8. The Morgan fingerprint density at radius 1 is 0.833 bits per heavy atom. The van der Waals surface area contributed by atoms with Crippen LogP contribution in [0.25, 0.3) is 0 Å². The van der Waals surface area contributed by atoms with Gasteiger partial charge in [-0.25, -0.2) is 17.2 Å². The first-order valence-corrected chi connectivity index (χ1v) is 9.19. The minimum absolute atomic E-state index is 0.228. The molecular weight excluding hydrogens is 354 g/mol. The van der Waals surface area contributed by atoms with Crippen molar-refractivity contribution in [2.24, 2.45) is 0 Å². The molecule has 24 heavy (non-hydrogen) atoms. The lowest BCUT2D eigenvalue weighted by Gasteiger charge is -2.09. The number of thiophene rings is 1. The Balaban J connectivity index is 1.72. The summed E-state index contributed by atoms with van der Waals surface area (Å²) >= 11 is 1.13. The molecule has 4 nitrogen and oxygen atoms in total. The molecule has 0 fully saturated rings. The van der Waals surface area contributed by atoms with Crippen LogP contribution in [0.1, 0.15) is 0 Å². The molecule has 1 heterocycles. The van der Waals surface area contributed by atoms with Crippen molar-refractivity contribution >= 4 is 38.4 Å². The van der Waals surface area contributed by atoms with Crippen LogP contribution in [0.4, 0.5) is 25.8 Å². The molecule has 0 aliphatic heterocycles. The van der Waals surface area contributed by atoms with Crippen LogP contribution in [0.3, 0.4) is 0 Å². The first-order valence-electron chi connectivity index (χ1n) is 6.82. The molecule has 0 aliphatic rings. The molecule has 2 N–H and O–H groups in total. The molecule has 2 aromatic carbocycles. The van der Waals surface area contributed by atoms with Gasteiger partial charge in [-0.3, -0.25) is 4.72 Å². The van der Waals surface area contributed by atoms with Crippen molar-refractivity contribution in [3.8, 4) is 0 Å². The van der Waals surface area contributed by atoms with Crippen LogP contribution in [0.5, 0.6) is 0 Å². The second-order valence-electron chi connectivity index (χ2n) is 4.87. The predicted molar refractivity (Wildman–Crippen MR) is 91.2 cm³/mol. The highest BCUT2D eigenvalue weighted by molar-refractivity contribution is 7.94. The van der Waals surface area contributed by atoms with E-state index < -0.39 is 21.7 Å². The average molecular weight is 366 g/mol. The lowest BCUT2D eigenvalue weighted by molar-refractivity contribution is 0.509. The molecule has 0 spiro atoms. The van der Waals surface area contributed by atoms with Gasteiger partial charge >= 0.3 is 0 Å². The van der Waals surface area contributed by atoms with Gasteiger partial charge in [-0.1, -0.05) is 6.07 Å². The Labute approximate surface area is 141 Å². The van der Waals surface area contributed by atoms with Gasteiger partial charge in [0.25, 0.3) is 10.0 Å². The quantitative estimate of drug-likeness (QED) is 0.695. The van der Waals surface area contributed by atoms with Crippen LogP contribution >= 0.6 is 11.3 Å². The minimum Gasteiger partial charge on any atom is -0.355 e. The van der Waals surface area contributed by atoms with Crippen LogP contribution in [0.2, 0.25) is 0 Å². The van der Waals surface area contributed by atoms with Crippen LogP contribution < -0.4 is 10.0 Å². The summed E-state index contributed by atoms with van der Waals surface area (Å²) in [5.74, 6) is -1.86. The SMILES string of the molecule is O=S(=O)(Nc1ccc(Nc2ccc(F)c(F)c2)cc1)c1cccs1. The van der Waals surface area contributed by atoms with Crippen LogP contribution in [0.15, 0.2) is 64.2 Å². The largest absolute Gasteiger partial charge is 0.355 e. The molecule has 3 rings (SSSR count). The maximum absolute atomic E-state index is 13.2. The second kappa shape index (κ2) is 6.58. The standard InChI is InChI=1S/C16H12F2N2O2S2/c17-14-8-7-13(10-15(14)18)19-11-3-5-12(6-4-11)20-24(21,22)16-2-1-9-23-16/h1-10,19-20H. The maximum atomic E-state index is 13.2. The van der Waals surface area contributed by atoms with Gasteiger partial charge in [0.2, 0.25) is 0 Å². The first-order chi connectivity index (χ1) is 11.4. The van der Waals surface area contributed by atoms with E-state index >= 15 is 0 Å². The molecule has 0 saturated heterocycles. The van der Waals surface area contributed by atoms with E-state index in [9.17, 15) is 17.2 Å². The predicted octanol–water partition coefficient (Wildman–Crippen LogP) is 4.57. The van der Waals surface area contributed by atoms with Gasteiger partial charge in [-0.2, -0.15) is 0 Å². The van der Waals surface area contributed by atoms with Gasteiger partial charge in [0, 0.05) is 23.1 Å². The molecule has 3 aromatic rings. The monoisotopic (exact) mass is 366 g/mol. The van der Waals surface area contributed by atoms with E-state index in [1.54, 1.807) is 35.7 Å². The molecule has 0 unspecified atom stereocenters. The van der Waals surface area contributed by atoms with E-state index in [4.69, 9.17) is 0 Å². The smallest absolute Gasteiger partial charge is 0.271 e. The second-order valence-corrected chi connectivity index (χ2v) is 7.73. The minimum atomic E-state index is -3.60. The summed E-state index contributed by atoms with van der Waals surface area (Å²) in [6, 6.07) is 13.1. The van der Waals surface area contributed by atoms with Gasteiger partial charge < -0.3 is 5.32 Å². The van der Waals surface area contributed by atoms with E-state index in [1.807, 2.05) is 0 Å². The summed E-state index contributed by atoms with van der Waals surface area (Å²) in [5.41, 5.74) is 1.40. The summed E-state index contributed by atoms with van der Waals surface area (Å²) in [7, 11) is -3.60. The van der Waals surface area contributed by atoms with Gasteiger partial charge in [0.05, 0.1) is 0 Å². The molecule has 0 bridgehead atoms. The molecule has 8 heteroatoms. The number of rotatable bonds is 5. The van der Waals surface area contributed by atoms with Crippen LogP contribution in [0, 0.1) is 11.6 Å². The van der Waals surface area contributed by atoms with Crippen molar-refractivity contribution < 1.29 is 17.2 Å². The molecule has 0 radical (unpaired) electrons. The summed E-state index contributed by atoms with van der Waals surface area (Å²) < 4.78 is 53.0. The van der Waals surface area contributed by atoms with Crippen molar-refractivity contribution in [2.45, 2.75) is 4.21 Å². The van der Waals surface area contributed by atoms with Gasteiger partial charge in [-0.15, -0.1) is 11.3 Å². The van der Waals surface area contributed by atoms with E-state index in [0.717, 1.165) is 23.5 Å². The Morgan fingerprint density at radius 3 is 2.12 bits per heavy atom. The van der Waals surface area contributed by atoms with E-state index in [0.29, 0.717) is 17.1 Å². The fraction of sp³-hybridized carbons (Fsp3) is 0. The lowest BCUT2D eigenvalue weighted by atomic mass is 10.2. The number of halogens is 2. The topological polar surface area (TPSA) is 58.2 Å². The van der Waals surface area contributed by atoms with Crippen molar-refractivity contribution in [2.75, 3.05) is 10.0 Å². The number of benzene rings is 2. The van der Waals surface area contributed by atoms with Gasteiger partial charge in [0.15, 0.2) is 11.6 Å². The molecular formula is C16H12F2N2O2S2. The van der Waals surface area contributed by atoms with E-state index in [2.05, 4.69) is 10.0 Å². The first kappa shape index (κ1) is 16.4. The Hall–Kier alpha value is -2.45. The number of anilines is 3. The lowest BCUT2D eigenvalue weighted by Crippen LogP contribution is -2.11. The van der Waals surface area contributed by atoms with Gasteiger partial charge in [-0.05, 0) is 47.8 Å². The highest BCUT2D eigenvalue weighted by atomic mass is 32.2. The number of nitrogens with one attached hydrogen (secondary N) is 2. The van der Waals surface area contributed by atoms with E-state index in [-0.39, 0.29) is 4.21 Å². The zero-order chi connectivity index (χ0) is 17.2. The van der Waals surface area contributed by atoms with Crippen molar-refractivity contribution in [3.63, 3.8) is 0 Å². The third-order valence-corrected chi connectivity index (χ3v) is 5.88. The summed E-state index contributed by atoms with van der Waals surface area (Å²) in [6.07, 6.45) is 0. The number of hydrogen-bond acceptors (Lipinski definition) is 4. The molecule has 0 atom stereocenters. The average Bonchev–Trinajstić information content (AvgIpc) is 3.08. The third kappa shape index (κ3) is 3.72. The van der Waals surface area contributed by atoms with Crippen molar-refractivity contribution in [1.82, 2.24) is 0 Å². The molecule has 0 amide bonds. The van der Waals surface area contributed by atoms with E-state index in [1.165, 1.54) is 12.1 Å². The van der Waals surface area contributed by atoms with Crippen molar-refractivity contribution in [3.05, 3.63) is 71.6 Å². The highest BCUT2D eigenvalue weighted by Gasteiger charge is 2.14. The summed E-state index contributed by atoms with van der Waals surface area (Å²) in [4.78, 5) is 0.